The van der Waals surface area contributed by atoms with Gasteiger partial charge < -0.3 is 5.32 Å². The van der Waals surface area contributed by atoms with Gasteiger partial charge in [-0.15, -0.1) is 11.3 Å². The zero-order valence-electron chi connectivity index (χ0n) is 11.7. The van der Waals surface area contributed by atoms with E-state index in [2.05, 4.69) is 10.3 Å². The van der Waals surface area contributed by atoms with Gasteiger partial charge >= 0.3 is 0 Å². The van der Waals surface area contributed by atoms with Gasteiger partial charge in [0.15, 0.2) is 5.13 Å². The number of carbonyl (C=O) groups excluding carboxylic acids is 1. The molecule has 1 N–H and O–H groups in total. The number of carbonyl (C=O) groups is 1. The van der Waals surface area contributed by atoms with Crippen molar-refractivity contribution < 1.29 is 4.79 Å². The molecule has 1 atom stereocenters. The molecule has 3 nitrogen and oxygen atoms in total. The average molecular weight is 309 g/mol. The zero-order chi connectivity index (χ0) is 14.7. The summed E-state index contributed by atoms with van der Waals surface area (Å²) in [6, 6.07) is 7.55. The molecule has 0 radical (unpaired) electrons. The fraction of sp³-hybridized carbons (Fsp3) is 0.333. The summed E-state index contributed by atoms with van der Waals surface area (Å²) in [6.07, 6.45) is 0.820. The predicted octanol–water partition coefficient (Wildman–Crippen LogP) is 4.76. The molecule has 0 fully saturated rings. The van der Waals surface area contributed by atoms with E-state index in [-0.39, 0.29) is 11.8 Å². The minimum Gasteiger partial charge on any atom is -0.302 e. The number of halogens is 1. The Morgan fingerprint density at radius 3 is 2.65 bits per heavy atom. The van der Waals surface area contributed by atoms with Crippen LogP contribution < -0.4 is 5.32 Å². The topological polar surface area (TPSA) is 42.0 Å². The van der Waals surface area contributed by atoms with Crippen molar-refractivity contribution in [2.75, 3.05) is 5.32 Å². The number of hydrogen-bond acceptors (Lipinski definition) is 3. The summed E-state index contributed by atoms with van der Waals surface area (Å²) in [6.45, 7) is 5.91. The van der Waals surface area contributed by atoms with Gasteiger partial charge in [-0.25, -0.2) is 4.98 Å². The molecular weight excluding hydrogens is 292 g/mol. The van der Waals surface area contributed by atoms with Crippen molar-refractivity contribution in [3.63, 3.8) is 0 Å². The first kappa shape index (κ1) is 15.0. The number of rotatable bonds is 4. The van der Waals surface area contributed by atoms with Crippen molar-refractivity contribution in [1.29, 1.82) is 0 Å². The lowest BCUT2D eigenvalue weighted by Crippen LogP contribution is -2.19. The Balaban J connectivity index is 2.21. The van der Waals surface area contributed by atoms with Gasteiger partial charge in [0.05, 0.1) is 5.69 Å². The molecule has 0 bridgehead atoms. The number of benzene rings is 1. The van der Waals surface area contributed by atoms with Crippen molar-refractivity contribution in [3.05, 3.63) is 34.2 Å². The summed E-state index contributed by atoms with van der Waals surface area (Å²) in [5.41, 5.74) is 1.90. The highest BCUT2D eigenvalue weighted by atomic mass is 35.5. The number of aromatic nitrogens is 1. The first-order valence-corrected chi connectivity index (χ1v) is 7.75. The number of thiazole rings is 1. The third kappa shape index (κ3) is 3.38. The minimum absolute atomic E-state index is 0.00168. The van der Waals surface area contributed by atoms with Crippen LogP contribution in [0.4, 0.5) is 5.13 Å². The Hall–Kier alpha value is -1.39. The van der Waals surface area contributed by atoms with Gasteiger partial charge in [0.25, 0.3) is 0 Å². The molecule has 1 aromatic carbocycles. The molecule has 2 rings (SSSR count). The largest absolute Gasteiger partial charge is 0.302 e. The molecule has 2 aromatic rings. The summed E-state index contributed by atoms with van der Waals surface area (Å²) in [7, 11) is 0. The van der Waals surface area contributed by atoms with Crippen LogP contribution in [0.5, 0.6) is 0 Å². The molecule has 106 valence electrons. The van der Waals surface area contributed by atoms with Crippen molar-refractivity contribution in [1.82, 2.24) is 4.98 Å². The van der Waals surface area contributed by atoms with Crippen LogP contribution in [0.2, 0.25) is 5.02 Å². The molecule has 1 aromatic heterocycles. The van der Waals surface area contributed by atoms with E-state index in [4.69, 9.17) is 11.6 Å². The Labute approximate surface area is 128 Å². The van der Waals surface area contributed by atoms with Crippen LogP contribution in [0.15, 0.2) is 24.3 Å². The molecule has 0 aliphatic heterocycles. The molecule has 0 spiro atoms. The SMILES string of the molecule is CC[C@H](C)C(=O)Nc1nc(-c2ccc(Cl)cc2)c(C)s1. The summed E-state index contributed by atoms with van der Waals surface area (Å²) in [5, 5.41) is 4.23. The normalized spacial score (nSPS) is 12.2. The number of nitrogens with zero attached hydrogens (tertiary/aromatic N) is 1. The quantitative estimate of drug-likeness (QED) is 0.885. The van der Waals surface area contributed by atoms with Crippen molar-refractivity contribution in [3.8, 4) is 11.3 Å². The number of nitrogens with one attached hydrogen (secondary N) is 1. The van der Waals surface area contributed by atoms with E-state index in [9.17, 15) is 4.79 Å². The van der Waals surface area contributed by atoms with Crippen LogP contribution in [-0.4, -0.2) is 10.9 Å². The lowest BCUT2D eigenvalue weighted by atomic mass is 10.1. The molecule has 0 aliphatic carbocycles. The summed E-state index contributed by atoms with van der Waals surface area (Å²) in [4.78, 5) is 17.5. The number of anilines is 1. The molecule has 0 aliphatic rings. The number of aryl methyl sites for hydroxylation is 1. The molecule has 0 saturated carbocycles. The average Bonchev–Trinajstić information content (AvgIpc) is 2.79. The van der Waals surface area contributed by atoms with Crippen molar-refractivity contribution in [2.45, 2.75) is 27.2 Å². The van der Waals surface area contributed by atoms with E-state index in [1.807, 2.05) is 45.0 Å². The first-order chi connectivity index (χ1) is 9.51. The van der Waals surface area contributed by atoms with Gasteiger partial charge in [0.1, 0.15) is 0 Å². The Bertz CT molecular complexity index is 607. The van der Waals surface area contributed by atoms with E-state index in [0.717, 1.165) is 22.6 Å². The highest BCUT2D eigenvalue weighted by molar-refractivity contribution is 7.16. The second-order valence-electron chi connectivity index (χ2n) is 4.73. The maximum Gasteiger partial charge on any atom is 0.228 e. The minimum atomic E-state index is -0.00168. The standard InChI is InChI=1S/C15H17ClN2OS/c1-4-9(2)14(19)18-15-17-13(10(3)20-15)11-5-7-12(16)8-6-11/h5-9H,4H2,1-3H3,(H,17,18,19)/t9-/m0/s1. The second-order valence-corrected chi connectivity index (χ2v) is 6.37. The van der Waals surface area contributed by atoms with Gasteiger partial charge in [-0.1, -0.05) is 37.6 Å². The smallest absolute Gasteiger partial charge is 0.228 e. The van der Waals surface area contributed by atoms with Crippen molar-refractivity contribution in [2.24, 2.45) is 5.92 Å². The zero-order valence-corrected chi connectivity index (χ0v) is 13.3. The number of amides is 1. The monoisotopic (exact) mass is 308 g/mol. The summed E-state index contributed by atoms with van der Waals surface area (Å²) >= 11 is 7.38. The highest BCUT2D eigenvalue weighted by Crippen LogP contribution is 2.31. The molecule has 0 unspecified atom stereocenters. The van der Waals surface area contributed by atoms with Gasteiger partial charge in [-0.05, 0) is 25.5 Å². The predicted molar refractivity (Wildman–Crippen MR) is 85.4 cm³/mol. The van der Waals surface area contributed by atoms with E-state index in [1.165, 1.54) is 11.3 Å². The molecule has 0 saturated heterocycles. The number of hydrogen-bond donors (Lipinski definition) is 1. The summed E-state index contributed by atoms with van der Waals surface area (Å²) < 4.78 is 0. The Morgan fingerprint density at radius 1 is 1.40 bits per heavy atom. The van der Waals surface area contributed by atoms with Crippen molar-refractivity contribution >= 4 is 34.0 Å². The molecule has 5 heteroatoms. The van der Waals surface area contributed by atoms with Crippen LogP contribution in [0, 0.1) is 12.8 Å². The highest BCUT2D eigenvalue weighted by Gasteiger charge is 2.15. The van der Waals surface area contributed by atoms with Crippen LogP contribution in [0.3, 0.4) is 0 Å². The van der Waals surface area contributed by atoms with Crippen LogP contribution in [0.1, 0.15) is 25.1 Å². The molecule has 20 heavy (non-hydrogen) atoms. The fourth-order valence-electron chi connectivity index (χ4n) is 1.74. The van der Waals surface area contributed by atoms with E-state index < -0.39 is 0 Å². The Kier molecular flexibility index (Phi) is 4.78. The lowest BCUT2D eigenvalue weighted by molar-refractivity contribution is -0.119. The first-order valence-electron chi connectivity index (χ1n) is 6.55. The maximum atomic E-state index is 11.9. The van der Waals surface area contributed by atoms with E-state index in [1.54, 1.807) is 0 Å². The third-order valence-corrected chi connectivity index (χ3v) is 4.34. The summed E-state index contributed by atoms with van der Waals surface area (Å²) in [5.74, 6) is 0.0158. The molecule has 1 heterocycles. The second kappa shape index (κ2) is 6.37. The van der Waals surface area contributed by atoms with E-state index >= 15 is 0 Å². The Morgan fingerprint density at radius 2 is 2.05 bits per heavy atom. The molecule has 1 amide bonds. The van der Waals surface area contributed by atoms with Crippen LogP contribution >= 0.6 is 22.9 Å². The van der Waals surface area contributed by atoms with Crippen LogP contribution in [-0.2, 0) is 4.79 Å². The fourth-order valence-corrected chi connectivity index (χ4v) is 2.70. The third-order valence-electron chi connectivity index (χ3n) is 3.20. The maximum absolute atomic E-state index is 11.9. The van der Waals surface area contributed by atoms with Gasteiger partial charge in [0, 0.05) is 21.4 Å². The van der Waals surface area contributed by atoms with Gasteiger partial charge in [-0.3, -0.25) is 4.79 Å². The van der Waals surface area contributed by atoms with Crippen LogP contribution in [0.25, 0.3) is 11.3 Å². The molecular formula is C15H17ClN2OS. The lowest BCUT2D eigenvalue weighted by Gasteiger charge is -2.06. The van der Waals surface area contributed by atoms with Gasteiger partial charge in [0.2, 0.25) is 5.91 Å². The van der Waals surface area contributed by atoms with Gasteiger partial charge in [-0.2, -0.15) is 0 Å². The van der Waals surface area contributed by atoms with E-state index in [0.29, 0.717) is 10.2 Å².